The first kappa shape index (κ1) is 19.6. The van der Waals surface area contributed by atoms with Crippen molar-refractivity contribution in [2.75, 3.05) is 19.6 Å². The number of piperidine rings is 1. The summed E-state index contributed by atoms with van der Waals surface area (Å²) in [5.41, 5.74) is 1.44. The van der Waals surface area contributed by atoms with E-state index in [1.165, 1.54) is 4.88 Å². The number of thiophene rings is 1. The van der Waals surface area contributed by atoms with Gasteiger partial charge in [-0.1, -0.05) is 36.4 Å². The summed E-state index contributed by atoms with van der Waals surface area (Å²) in [4.78, 5) is 31.6. The third kappa shape index (κ3) is 5.02. The van der Waals surface area contributed by atoms with E-state index in [1.54, 1.807) is 23.5 Å². The molecule has 0 spiro atoms. The van der Waals surface area contributed by atoms with E-state index < -0.39 is 0 Å². The summed E-state index contributed by atoms with van der Waals surface area (Å²) < 4.78 is 0. The second-order valence-corrected chi connectivity index (χ2v) is 8.55. The number of rotatable bonds is 6. The SMILES string of the molecule is O=C(NCC1CCCN(Cc2cccs2)C1)c1ccc(-c2ccccc2)[nH]c1=O. The second-order valence-electron chi connectivity index (χ2n) is 7.51. The average Bonchev–Trinajstić information content (AvgIpc) is 3.26. The first-order chi connectivity index (χ1) is 14.2. The molecule has 29 heavy (non-hydrogen) atoms. The first-order valence-electron chi connectivity index (χ1n) is 10.0. The van der Waals surface area contributed by atoms with Gasteiger partial charge in [0.15, 0.2) is 0 Å². The van der Waals surface area contributed by atoms with Gasteiger partial charge in [0.1, 0.15) is 5.56 Å². The lowest BCUT2D eigenvalue weighted by atomic mass is 9.98. The van der Waals surface area contributed by atoms with E-state index >= 15 is 0 Å². The molecule has 1 aliphatic rings. The molecule has 0 saturated carbocycles. The van der Waals surface area contributed by atoms with Crippen LogP contribution in [0.2, 0.25) is 0 Å². The molecule has 1 aromatic carbocycles. The Labute approximate surface area is 174 Å². The van der Waals surface area contributed by atoms with Crippen molar-refractivity contribution >= 4 is 17.2 Å². The van der Waals surface area contributed by atoms with Crippen LogP contribution in [-0.4, -0.2) is 35.4 Å². The Morgan fingerprint density at radius 1 is 1.14 bits per heavy atom. The van der Waals surface area contributed by atoms with Gasteiger partial charge in [0, 0.05) is 30.2 Å². The largest absolute Gasteiger partial charge is 0.352 e. The maximum atomic E-state index is 12.6. The van der Waals surface area contributed by atoms with Gasteiger partial charge >= 0.3 is 0 Å². The van der Waals surface area contributed by atoms with Crippen LogP contribution in [0.1, 0.15) is 28.1 Å². The van der Waals surface area contributed by atoms with Crippen LogP contribution in [0, 0.1) is 5.92 Å². The summed E-state index contributed by atoms with van der Waals surface area (Å²) in [6.07, 6.45) is 2.24. The lowest BCUT2D eigenvalue weighted by molar-refractivity contribution is 0.0929. The van der Waals surface area contributed by atoms with Crippen LogP contribution in [0.25, 0.3) is 11.3 Å². The van der Waals surface area contributed by atoms with Gasteiger partial charge in [-0.05, 0) is 54.4 Å². The summed E-state index contributed by atoms with van der Waals surface area (Å²) in [5.74, 6) is 0.108. The van der Waals surface area contributed by atoms with Crippen LogP contribution >= 0.6 is 11.3 Å². The van der Waals surface area contributed by atoms with E-state index in [2.05, 4.69) is 32.7 Å². The van der Waals surface area contributed by atoms with Gasteiger partial charge in [-0.15, -0.1) is 11.3 Å². The molecule has 6 heteroatoms. The van der Waals surface area contributed by atoms with E-state index in [-0.39, 0.29) is 17.0 Å². The molecule has 1 atom stereocenters. The maximum absolute atomic E-state index is 12.6. The first-order valence-corrected chi connectivity index (χ1v) is 10.9. The average molecular weight is 408 g/mol. The van der Waals surface area contributed by atoms with Crippen LogP contribution < -0.4 is 10.9 Å². The molecule has 3 aromatic rings. The summed E-state index contributed by atoms with van der Waals surface area (Å²) in [6, 6.07) is 17.3. The smallest absolute Gasteiger partial charge is 0.261 e. The van der Waals surface area contributed by atoms with Crippen LogP contribution in [0.15, 0.2) is 64.8 Å². The quantitative estimate of drug-likeness (QED) is 0.654. The zero-order valence-electron chi connectivity index (χ0n) is 16.3. The molecular formula is C23H25N3O2S. The van der Waals surface area contributed by atoms with Crippen molar-refractivity contribution in [2.24, 2.45) is 5.92 Å². The Morgan fingerprint density at radius 3 is 2.76 bits per heavy atom. The summed E-state index contributed by atoms with van der Waals surface area (Å²) >= 11 is 1.78. The molecule has 3 heterocycles. The molecule has 1 unspecified atom stereocenters. The fourth-order valence-electron chi connectivity index (χ4n) is 3.86. The number of aromatic nitrogens is 1. The lowest BCUT2D eigenvalue weighted by Crippen LogP contribution is -2.41. The summed E-state index contributed by atoms with van der Waals surface area (Å²) in [7, 11) is 0. The number of hydrogen-bond acceptors (Lipinski definition) is 4. The Hall–Kier alpha value is -2.70. The Morgan fingerprint density at radius 2 is 2.00 bits per heavy atom. The van der Waals surface area contributed by atoms with Crippen molar-refractivity contribution < 1.29 is 4.79 Å². The Bertz CT molecular complexity index is 998. The number of nitrogens with one attached hydrogen (secondary N) is 2. The number of amides is 1. The number of H-pyrrole nitrogens is 1. The van der Waals surface area contributed by atoms with Crippen molar-refractivity contribution in [3.05, 3.63) is 80.8 Å². The fraction of sp³-hybridized carbons (Fsp3) is 0.304. The van der Waals surface area contributed by atoms with Crippen molar-refractivity contribution in [3.8, 4) is 11.3 Å². The Balaban J connectivity index is 1.34. The summed E-state index contributed by atoms with van der Waals surface area (Å²) in [5, 5.41) is 5.07. The topological polar surface area (TPSA) is 65.2 Å². The number of carbonyl (C=O) groups excluding carboxylic acids is 1. The molecule has 150 valence electrons. The number of likely N-dealkylation sites (tertiary alicyclic amines) is 1. The van der Waals surface area contributed by atoms with Gasteiger partial charge < -0.3 is 10.3 Å². The minimum atomic E-state index is -0.355. The van der Waals surface area contributed by atoms with E-state index in [0.717, 1.165) is 38.0 Å². The fourth-order valence-corrected chi connectivity index (χ4v) is 4.60. The van der Waals surface area contributed by atoms with Gasteiger partial charge in [0.25, 0.3) is 11.5 Å². The van der Waals surface area contributed by atoms with Crippen LogP contribution in [0.5, 0.6) is 0 Å². The van der Waals surface area contributed by atoms with Crippen molar-refractivity contribution in [1.82, 2.24) is 15.2 Å². The number of hydrogen-bond donors (Lipinski definition) is 2. The molecular weight excluding hydrogens is 382 g/mol. The predicted molar refractivity (Wildman–Crippen MR) is 117 cm³/mol. The highest BCUT2D eigenvalue weighted by atomic mass is 32.1. The van der Waals surface area contributed by atoms with E-state index in [1.807, 2.05) is 30.3 Å². The molecule has 1 amide bonds. The third-order valence-corrected chi connectivity index (χ3v) is 6.21. The molecule has 0 radical (unpaired) electrons. The molecule has 5 nitrogen and oxygen atoms in total. The van der Waals surface area contributed by atoms with Crippen molar-refractivity contribution in [1.29, 1.82) is 0 Å². The van der Waals surface area contributed by atoms with E-state index in [4.69, 9.17) is 0 Å². The summed E-state index contributed by atoms with van der Waals surface area (Å²) in [6.45, 7) is 3.65. The van der Waals surface area contributed by atoms with Gasteiger partial charge in [-0.2, -0.15) is 0 Å². The van der Waals surface area contributed by atoms with Gasteiger partial charge in [0.2, 0.25) is 0 Å². The predicted octanol–water partition coefficient (Wildman–Crippen LogP) is 3.75. The van der Waals surface area contributed by atoms with Crippen molar-refractivity contribution in [2.45, 2.75) is 19.4 Å². The van der Waals surface area contributed by atoms with Crippen LogP contribution in [0.4, 0.5) is 0 Å². The standard InChI is InChI=1S/C23H25N3O2S/c27-22(20-10-11-21(25-23(20)28)18-7-2-1-3-8-18)24-14-17-6-4-12-26(15-17)16-19-9-5-13-29-19/h1-3,5,7-11,13,17H,4,6,12,14-16H2,(H,24,27)(H,25,28). The van der Waals surface area contributed by atoms with Gasteiger partial charge in [-0.3, -0.25) is 14.5 Å². The second kappa shape index (κ2) is 9.20. The number of pyridine rings is 1. The molecule has 1 fully saturated rings. The minimum absolute atomic E-state index is 0.163. The molecule has 2 aromatic heterocycles. The molecule has 4 rings (SSSR count). The van der Waals surface area contributed by atoms with Gasteiger partial charge in [-0.25, -0.2) is 0 Å². The molecule has 1 saturated heterocycles. The monoisotopic (exact) mass is 407 g/mol. The highest BCUT2D eigenvalue weighted by Crippen LogP contribution is 2.20. The molecule has 0 bridgehead atoms. The van der Waals surface area contributed by atoms with Crippen LogP contribution in [-0.2, 0) is 6.54 Å². The highest BCUT2D eigenvalue weighted by molar-refractivity contribution is 7.09. The molecule has 1 aliphatic heterocycles. The van der Waals surface area contributed by atoms with E-state index in [9.17, 15) is 9.59 Å². The lowest BCUT2D eigenvalue weighted by Gasteiger charge is -2.32. The zero-order valence-corrected chi connectivity index (χ0v) is 17.1. The van der Waals surface area contributed by atoms with Crippen molar-refractivity contribution in [3.63, 3.8) is 0 Å². The number of nitrogens with zero attached hydrogens (tertiary/aromatic N) is 1. The zero-order chi connectivity index (χ0) is 20.1. The minimum Gasteiger partial charge on any atom is -0.352 e. The molecule has 2 N–H and O–H groups in total. The molecule has 0 aliphatic carbocycles. The van der Waals surface area contributed by atoms with E-state index in [0.29, 0.717) is 18.2 Å². The maximum Gasteiger partial charge on any atom is 0.261 e. The van der Waals surface area contributed by atoms with Crippen LogP contribution in [0.3, 0.4) is 0 Å². The number of benzene rings is 1. The highest BCUT2D eigenvalue weighted by Gasteiger charge is 2.21. The third-order valence-electron chi connectivity index (χ3n) is 5.35. The normalized spacial score (nSPS) is 17.2. The Kier molecular flexibility index (Phi) is 6.22. The number of aromatic amines is 1. The van der Waals surface area contributed by atoms with Gasteiger partial charge in [0.05, 0.1) is 0 Å². The number of carbonyl (C=O) groups is 1.